The van der Waals surface area contributed by atoms with Gasteiger partial charge in [0.25, 0.3) is 5.91 Å². The van der Waals surface area contributed by atoms with Crippen molar-refractivity contribution in [1.82, 2.24) is 0 Å². The second-order valence-corrected chi connectivity index (χ2v) is 5.35. The van der Waals surface area contributed by atoms with E-state index in [0.29, 0.717) is 17.9 Å². The molecular weight excluding hydrogens is 306 g/mol. The Labute approximate surface area is 141 Å². The van der Waals surface area contributed by atoms with Crippen LogP contribution in [0.3, 0.4) is 0 Å². The Kier molecular flexibility index (Phi) is 6.37. The van der Waals surface area contributed by atoms with E-state index in [9.17, 15) is 9.59 Å². The molecule has 0 saturated heterocycles. The van der Waals surface area contributed by atoms with Gasteiger partial charge >= 0.3 is 5.97 Å². The molecule has 0 aliphatic carbocycles. The molecule has 24 heavy (non-hydrogen) atoms. The number of nitrogens with one attached hydrogen (secondary N) is 1. The number of esters is 1. The fourth-order valence-corrected chi connectivity index (χ4v) is 2.11. The molecule has 0 saturated carbocycles. The maximum Gasteiger partial charge on any atom is 0.347 e. The van der Waals surface area contributed by atoms with E-state index in [1.165, 1.54) is 0 Å². The van der Waals surface area contributed by atoms with Crippen LogP contribution < -0.4 is 10.1 Å². The predicted octanol–water partition coefficient (Wildman–Crippen LogP) is 3.33. The van der Waals surface area contributed by atoms with Gasteiger partial charge in [-0.15, -0.1) is 0 Å². The molecule has 0 aromatic heterocycles. The topological polar surface area (TPSA) is 64.6 Å². The number of rotatable bonds is 7. The first kappa shape index (κ1) is 17.5. The Morgan fingerprint density at radius 1 is 1.08 bits per heavy atom. The molecule has 0 radical (unpaired) electrons. The van der Waals surface area contributed by atoms with E-state index in [0.717, 1.165) is 5.56 Å². The largest absolute Gasteiger partial charge is 0.479 e. The average Bonchev–Trinajstić information content (AvgIpc) is 2.58. The highest BCUT2D eigenvalue weighted by Gasteiger charge is 2.21. The summed E-state index contributed by atoms with van der Waals surface area (Å²) in [5.74, 6) is -0.352. The molecule has 0 bridgehead atoms. The molecule has 2 aromatic carbocycles. The molecule has 126 valence electrons. The molecule has 1 N–H and O–H groups in total. The number of ether oxygens (including phenoxy) is 2. The predicted molar refractivity (Wildman–Crippen MR) is 91.9 cm³/mol. The number of hydrogen-bond donors (Lipinski definition) is 1. The van der Waals surface area contributed by atoms with Gasteiger partial charge in [-0.25, -0.2) is 4.79 Å². The van der Waals surface area contributed by atoms with Gasteiger partial charge in [-0.05, 0) is 43.2 Å². The van der Waals surface area contributed by atoms with Crippen molar-refractivity contribution >= 4 is 17.6 Å². The maximum atomic E-state index is 12.1. The number of carbonyl (C=O) groups is 2. The zero-order valence-electron chi connectivity index (χ0n) is 13.8. The van der Waals surface area contributed by atoms with Crippen molar-refractivity contribution in [3.8, 4) is 5.75 Å². The lowest BCUT2D eigenvalue weighted by molar-refractivity contribution is -0.154. The van der Waals surface area contributed by atoms with Gasteiger partial charge in [-0.2, -0.15) is 0 Å². The highest BCUT2D eigenvalue weighted by molar-refractivity contribution is 5.93. The molecule has 5 heteroatoms. The fourth-order valence-electron chi connectivity index (χ4n) is 2.11. The first-order valence-corrected chi connectivity index (χ1v) is 7.83. The summed E-state index contributed by atoms with van der Waals surface area (Å²) in [6.45, 7) is 3.41. The monoisotopic (exact) mass is 327 g/mol. The van der Waals surface area contributed by atoms with E-state index in [1.54, 1.807) is 18.2 Å². The van der Waals surface area contributed by atoms with Crippen LogP contribution in [0.15, 0.2) is 54.6 Å². The van der Waals surface area contributed by atoms with E-state index in [-0.39, 0.29) is 12.5 Å². The molecule has 0 unspecified atom stereocenters. The summed E-state index contributed by atoms with van der Waals surface area (Å²) in [5.41, 5.74) is 1.70. The number of carbonyl (C=O) groups excluding carboxylic acids is 2. The zero-order chi connectivity index (χ0) is 17.4. The Morgan fingerprint density at radius 2 is 1.83 bits per heavy atom. The minimum atomic E-state index is -0.737. The Morgan fingerprint density at radius 3 is 2.50 bits per heavy atom. The number of para-hydroxylation sites is 1. The van der Waals surface area contributed by atoms with Gasteiger partial charge in [0.2, 0.25) is 0 Å². The van der Waals surface area contributed by atoms with Gasteiger partial charge in [-0.3, -0.25) is 4.79 Å². The van der Waals surface area contributed by atoms with Gasteiger partial charge in [0.05, 0.1) is 0 Å². The van der Waals surface area contributed by atoms with Crippen LogP contribution in [0.4, 0.5) is 5.69 Å². The van der Waals surface area contributed by atoms with Gasteiger partial charge in [0, 0.05) is 5.69 Å². The molecule has 2 aromatic rings. The summed E-state index contributed by atoms with van der Waals surface area (Å²) in [7, 11) is 0. The lowest BCUT2D eigenvalue weighted by Crippen LogP contribution is -2.31. The molecule has 5 nitrogen and oxygen atoms in total. The van der Waals surface area contributed by atoms with Crippen LogP contribution in [0.1, 0.15) is 18.9 Å². The fraction of sp³-hybridized carbons (Fsp3) is 0.263. The second-order valence-electron chi connectivity index (χ2n) is 5.35. The Bertz CT molecular complexity index is 685. The zero-order valence-corrected chi connectivity index (χ0v) is 13.8. The van der Waals surface area contributed by atoms with Crippen molar-refractivity contribution in [3.05, 3.63) is 60.2 Å². The van der Waals surface area contributed by atoms with Crippen LogP contribution in [0.25, 0.3) is 0 Å². The average molecular weight is 327 g/mol. The smallest absolute Gasteiger partial charge is 0.347 e. The standard InChI is InChI=1S/C19H21NO4/c1-3-17(24-16-10-5-4-6-11-16)19(22)23-13-18(21)20-15-9-7-8-14(2)12-15/h4-12,17H,3,13H2,1-2H3,(H,20,21)/t17-/m0/s1. The lowest BCUT2D eigenvalue weighted by atomic mass is 10.2. The number of anilines is 1. The first-order chi connectivity index (χ1) is 11.6. The highest BCUT2D eigenvalue weighted by Crippen LogP contribution is 2.13. The third-order valence-corrected chi connectivity index (χ3v) is 3.30. The van der Waals surface area contributed by atoms with Crippen LogP contribution in [-0.4, -0.2) is 24.6 Å². The van der Waals surface area contributed by atoms with E-state index in [2.05, 4.69) is 5.32 Å². The summed E-state index contributed by atoms with van der Waals surface area (Å²) >= 11 is 0. The summed E-state index contributed by atoms with van der Waals surface area (Å²) in [6.07, 6.45) is -0.285. The van der Waals surface area contributed by atoms with Gasteiger partial charge in [0.15, 0.2) is 12.7 Å². The first-order valence-electron chi connectivity index (χ1n) is 7.83. The summed E-state index contributed by atoms with van der Waals surface area (Å²) in [4.78, 5) is 23.9. The van der Waals surface area contributed by atoms with Crippen LogP contribution in [0, 0.1) is 6.92 Å². The van der Waals surface area contributed by atoms with Gasteiger partial charge in [-0.1, -0.05) is 37.3 Å². The minimum Gasteiger partial charge on any atom is -0.479 e. The number of benzene rings is 2. The van der Waals surface area contributed by atoms with E-state index < -0.39 is 12.1 Å². The van der Waals surface area contributed by atoms with Gasteiger partial charge in [0.1, 0.15) is 5.75 Å². The minimum absolute atomic E-state index is 0.346. The second kappa shape index (κ2) is 8.72. The summed E-state index contributed by atoms with van der Waals surface area (Å²) in [6, 6.07) is 16.4. The molecule has 0 heterocycles. The molecule has 0 aliphatic rings. The van der Waals surface area contributed by atoms with Crippen LogP contribution in [0.2, 0.25) is 0 Å². The molecule has 0 aliphatic heterocycles. The van der Waals surface area contributed by atoms with Crippen LogP contribution in [0.5, 0.6) is 5.75 Å². The van der Waals surface area contributed by atoms with Crippen molar-refractivity contribution in [2.24, 2.45) is 0 Å². The number of hydrogen-bond acceptors (Lipinski definition) is 4. The van der Waals surface area contributed by atoms with Crippen molar-refractivity contribution in [1.29, 1.82) is 0 Å². The Hall–Kier alpha value is -2.82. The summed E-state index contributed by atoms with van der Waals surface area (Å²) in [5, 5.41) is 2.69. The highest BCUT2D eigenvalue weighted by atomic mass is 16.6. The normalized spacial score (nSPS) is 11.4. The molecular formula is C19H21NO4. The Balaban J connectivity index is 1.83. The van der Waals surface area contributed by atoms with Crippen LogP contribution in [-0.2, 0) is 14.3 Å². The van der Waals surface area contributed by atoms with Crippen molar-refractivity contribution in [2.45, 2.75) is 26.4 Å². The molecule has 1 atom stereocenters. The molecule has 1 amide bonds. The third kappa shape index (κ3) is 5.43. The number of aryl methyl sites for hydroxylation is 1. The van der Waals surface area contributed by atoms with Crippen molar-refractivity contribution in [2.75, 3.05) is 11.9 Å². The molecule has 0 fully saturated rings. The van der Waals surface area contributed by atoms with Crippen molar-refractivity contribution in [3.63, 3.8) is 0 Å². The van der Waals surface area contributed by atoms with E-state index in [4.69, 9.17) is 9.47 Å². The lowest BCUT2D eigenvalue weighted by Gasteiger charge is -2.16. The van der Waals surface area contributed by atoms with E-state index >= 15 is 0 Å². The SMILES string of the molecule is CC[C@H](Oc1ccccc1)C(=O)OCC(=O)Nc1cccc(C)c1. The maximum absolute atomic E-state index is 12.1. The molecule has 0 spiro atoms. The van der Waals surface area contributed by atoms with Crippen molar-refractivity contribution < 1.29 is 19.1 Å². The quantitative estimate of drug-likeness (QED) is 0.792. The van der Waals surface area contributed by atoms with Gasteiger partial charge < -0.3 is 14.8 Å². The molecule has 2 rings (SSSR count). The summed E-state index contributed by atoms with van der Waals surface area (Å²) < 4.78 is 10.6. The van der Waals surface area contributed by atoms with Crippen LogP contribution >= 0.6 is 0 Å². The van der Waals surface area contributed by atoms with E-state index in [1.807, 2.05) is 50.2 Å². The third-order valence-electron chi connectivity index (χ3n) is 3.30. The number of amides is 1.